The van der Waals surface area contributed by atoms with Gasteiger partial charge < -0.3 is 5.32 Å². The molecule has 2 saturated heterocycles. The number of aryl methyl sites for hydroxylation is 1. The molecule has 6 rings (SSSR count). The van der Waals surface area contributed by atoms with Crippen molar-refractivity contribution < 1.29 is 14.5 Å². The molecule has 4 atom stereocenters. The van der Waals surface area contributed by atoms with Crippen LogP contribution in [0, 0.1) is 23.0 Å². The van der Waals surface area contributed by atoms with E-state index < -0.39 is 22.3 Å². The molecule has 0 saturated carbocycles. The Morgan fingerprint density at radius 1 is 1.23 bits per heavy atom. The number of nitrogens with zero attached hydrogens (tertiary/aromatic N) is 3. The molecule has 4 unspecified atom stereocenters. The fourth-order valence-corrected chi connectivity index (χ4v) is 7.42. The predicted molar refractivity (Wildman–Crippen MR) is 132 cm³/mol. The SMILES string of the molecule is Cc1ccc2c(c1)C1(C(=O)N2)C(C(=O)c2cccnc2)C(c2cccc([N+](=O)[O-])c2)C2CSCN21. The minimum absolute atomic E-state index is 0.0275. The topological polar surface area (TPSA) is 105 Å². The number of nitro groups is 1. The lowest BCUT2D eigenvalue weighted by molar-refractivity contribution is -0.384. The number of thioether (sulfide) groups is 1. The second kappa shape index (κ2) is 8.00. The number of hydrogen-bond donors (Lipinski definition) is 1. The molecule has 1 N–H and O–H groups in total. The summed E-state index contributed by atoms with van der Waals surface area (Å²) >= 11 is 1.71. The first-order valence-electron chi connectivity index (χ1n) is 11.4. The molecule has 4 heterocycles. The molecule has 1 spiro atoms. The summed E-state index contributed by atoms with van der Waals surface area (Å²) in [5, 5.41) is 14.6. The van der Waals surface area contributed by atoms with Crippen LogP contribution in [0.1, 0.15) is 33.0 Å². The van der Waals surface area contributed by atoms with E-state index in [2.05, 4.69) is 15.2 Å². The number of aromatic nitrogens is 1. The number of fused-ring (bicyclic) bond motifs is 4. The van der Waals surface area contributed by atoms with E-state index in [0.717, 1.165) is 16.9 Å². The van der Waals surface area contributed by atoms with Crippen molar-refractivity contribution in [3.05, 3.63) is 99.4 Å². The highest BCUT2D eigenvalue weighted by atomic mass is 32.2. The molecule has 3 aliphatic rings. The summed E-state index contributed by atoms with van der Waals surface area (Å²) in [6, 6.07) is 15.6. The summed E-state index contributed by atoms with van der Waals surface area (Å²) in [6.45, 7) is 1.97. The first-order valence-corrected chi connectivity index (χ1v) is 12.5. The number of Topliss-reactive ketones (excluding diaryl/α,β-unsaturated/α-hetero) is 1. The molecule has 9 heteroatoms. The van der Waals surface area contributed by atoms with Crippen molar-refractivity contribution in [3.63, 3.8) is 0 Å². The minimum Gasteiger partial charge on any atom is -0.324 e. The number of anilines is 1. The largest absolute Gasteiger partial charge is 0.324 e. The molecule has 35 heavy (non-hydrogen) atoms. The van der Waals surface area contributed by atoms with Crippen LogP contribution in [-0.4, -0.2) is 44.2 Å². The quantitative estimate of drug-likeness (QED) is 0.336. The molecule has 1 amide bonds. The molecule has 0 radical (unpaired) electrons. The maximum Gasteiger partial charge on any atom is 0.269 e. The number of ketones is 1. The molecule has 2 fully saturated rings. The van der Waals surface area contributed by atoms with Crippen molar-refractivity contribution in [2.45, 2.75) is 24.4 Å². The third kappa shape index (κ3) is 3.08. The van der Waals surface area contributed by atoms with E-state index >= 15 is 0 Å². The van der Waals surface area contributed by atoms with Crippen molar-refractivity contribution >= 4 is 34.8 Å². The van der Waals surface area contributed by atoms with Gasteiger partial charge in [-0.05, 0) is 30.7 Å². The summed E-state index contributed by atoms with van der Waals surface area (Å²) in [5.74, 6) is -0.273. The van der Waals surface area contributed by atoms with Crippen molar-refractivity contribution in [1.82, 2.24) is 9.88 Å². The zero-order valence-electron chi connectivity index (χ0n) is 18.9. The van der Waals surface area contributed by atoms with E-state index in [4.69, 9.17) is 0 Å². The molecule has 2 aromatic carbocycles. The Morgan fingerprint density at radius 3 is 2.86 bits per heavy atom. The van der Waals surface area contributed by atoms with E-state index in [9.17, 15) is 19.7 Å². The molecule has 3 aliphatic heterocycles. The van der Waals surface area contributed by atoms with Gasteiger partial charge >= 0.3 is 0 Å². The Hall–Kier alpha value is -3.56. The number of carbonyl (C=O) groups is 2. The van der Waals surface area contributed by atoms with Crippen molar-refractivity contribution in [1.29, 1.82) is 0 Å². The minimum atomic E-state index is -1.21. The number of carbonyl (C=O) groups excluding carboxylic acids is 2. The Morgan fingerprint density at radius 2 is 2.09 bits per heavy atom. The Bertz CT molecular complexity index is 1380. The smallest absolute Gasteiger partial charge is 0.269 e. The van der Waals surface area contributed by atoms with Gasteiger partial charge in [-0.25, -0.2) is 0 Å². The molecular weight excluding hydrogens is 464 g/mol. The summed E-state index contributed by atoms with van der Waals surface area (Å²) in [5.41, 5.74) is 2.39. The van der Waals surface area contributed by atoms with Gasteiger partial charge in [0.2, 0.25) is 5.91 Å². The number of pyridine rings is 1. The highest BCUT2D eigenvalue weighted by Crippen LogP contribution is 2.61. The zero-order chi connectivity index (χ0) is 24.3. The highest BCUT2D eigenvalue weighted by molar-refractivity contribution is 7.99. The molecule has 0 aliphatic carbocycles. The molecule has 8 nitrogen and oxygen atoms in total. The average molecular weight is 487 g/mol. The highest BCUT2D eigenvalue weighted by Gasteiger charge is 2.69. The van der Waals surface area contributed by atoms with Crippen LogP contribution in [0.3, 0.4) is 0 Å². The van der Waals surface area contributed by atoms with Crippen LogP contribution in [0.5, 0.6) is 0 Å². The number of hydrogen-bond acceptors (Lipinski definition) is 7. The first kappa shape index (κ1) is 21.9. The van der Waals surface area contributed by atoms with Crippen LogP contribution in [0.15, 0.2) is 67.0 Å². The lowest BCUT2D eigenvalue weighted by Gasteiger charge is -2.36. The Labute approximate surface area is 205 Å². The monoisotopic (exact) mass is 486 g/mol. The number of amides is 1. The van der Waals surface area contributed by atoms with Crippen LogP contribution in [0.4, 0.5) is 11.4 Å². The summed E-state index contributed by atoms with van der Waals surface area (Å²) in [4.78, 5) is 45.7. The van der Waals surface area contributed by atoms with Crippen molar-refractivity contribution in [2.24, 2.45) is 5.92 Å². The van der Waals surface area contributed by atoms with E-state index in [1.54, 1.807) is 42.2 Å². The maximum atomic E-state index is 14.3. The van der Waals surface area contributed by atoms with Gasteiger partial charge in [-0.1, -0.05) is 29.8 Å². The molecule has 176 valence electrons. The van der Waals surface area contributed by atoms with Crippen LogP contribution in [0.25, 0.3) is 0 Å². The van der Waals surface area contributed by atoms with Crippen LogP contribution < -0.4 is 5.32 Å². The van der Waals surface area contributed by atoms with Gasteiger partial charge in [0.1, 0.15) is 5.54 Å². The lowest BCUT2D eigenvalue weighted by Crippen LogP contribution is -2.52. The van der Waals surface area contributed by atoms with Gasteiger partial charge in [0.05, 0.1) is 10.8 Å². The number of benzene rings is 2. The molecular formula is C26H22N4O4S. The standard InChI is InChI=1S/C26H22N4O4S/c1-15-7-8-20-19(10-15)26(25(32)28-20)23(24(31)17-5-3-9-27-12-17)22(21-13-35-14-29(21)26)16-4-2-6-18(11-16)30(33)34/h2-12,21-23H,13-14H2,1H3,(H,28,32). The van der Waals surface area contributed by atoms with Crippen molar-refractivity contribution in [3.8, 4) is 0 Å². The van der Waals surface area contributed by atoms with E-state index in [-0.39, 0.29) is 23.4 Å². The van der Waals surface area contributed by atoms with Gasteiger partial charge in [0, 0.05) is 64.9 Å². The summed E-state index contributed by atoms with van der Waals surface area (Å²) < 4.78 is 0. The van der Waals surface area contributed by atoms with E-state index in [1.807, 2.05) is 31.2 Å². The normalized spacial score (nSPS) is 27.0. The van der Waals surface area contributed by atoms with Gasteiger partial charge in [-0.15, -0.1) is 11.8 Å². The van der Waals surface area contributed by atoms with Gasteiger partial charge in [-0.3, -0.25) is 29.6 Å². The number of nitrogens with one attached hydrogen (secondary N) is 1. The van der Waals surface area contributed by atoms with Gasteiger partial charge in [-0.2, -0.15) is 0 Å². The summed E-state index contributed by atoms with van der Waals surface area (Å²) in [7, 11) is 0. The fourth-order valence-electron chi connectivity index (χ4n) is 6.10. The Balaban J connectivity index is 1.63. The maximum absolute atomic E-state index is 14.3. The first-order chi connectivity index (χ1) is 16.9. The van der Waals surface area contributed by atoms with Crippen LogP contribution in [-0.2, 0) is 10.3 Å². The number of nitro benzene ring substituents is 1. The van der Waals surface area contributed by atoms with E-state index in [0.29, 0.717) is 22.7 Å². The fraction of sp³-hybridized carbons (Fsp3) is 0.269. The van der Waals surface area contributed by atoms with Crippen molar-refractivity contribution in [2.75, 3.05) is 16.9 Å². The third-order valence-electron chi connectivity index (χ3n) is 7.47. The molecule has 1 aromatic heterocycles. The number of rotatable bonds is 4. The van der Waals surface area contributed by atoms with Gasteiger partial charge in [0.25, 0.3) is 5.69 Å². The van der Waals surface area contributed by atoms with Gasteiger partial charge in [0.15, 0.2) is 5.78 Å². The lowest BCUT2D eigenvalue weighted by atomic mass is 9.69. The predicted octanol–water partition coefficient (Wildman–Crippen LogP) is 4.12. The zero-order valence-corrected chi connectivity index (χ0v) is 19.7. The molecule has 0 bridgehead atoms. The molecule has 3 aromatic rings. The summed E-state index contributed by atoms with van der Waals surface area (Å²) in [6.07, 6.45) is 3.14. The average Bonchev–Trinajstić information content (AvgIpc) is 3.52. The van der Waals surface area contributed by atoms with Crippen LogP contribution >= 0.6 is 11.8 Å². The number of non-ortho nitro benzene ring substituents is 1. The van der Waals surface area contributed by atoms with E-state index in [1.165, 1.54) is 12.3 Å². The van der Waals surface area contributed by atoms with Crippen LogP contribution in [0.2, 0.25) is 0 Å². The second-order valence-corrected chi connectivity index (χ2v) is 10.3. The Kier molecular flexibility index (Phi) is 5.01. The third-order valence-corrected chi connectivity index (χ3v) is 8.51. The second-order valence-electron chi connectivity index (χ2n) is 9.27.